The number of hydrogen-bond acceptors (Lipinski definition) is 2. The lowest BCUT2D eigenvalue weighted by Crippen LogP contribution is -2.18. The van der Waals surface area contributed by atoms with Crippen LogP contribution in [0.1, 0.15) is 59.9 Å². The van der Waals surface area contributed by atoms with Gasteiger partial charge in [-0.3, -0.25) is 4.79 Å². The lowest BCUT2D eigenvalue weighted by Gasteiger charge is -2.27. The Labute approximate surface area is 119 Å². The van der Waals surface area contributed by atoms with E-state index < -0.39 is 5.97 Å². The Morgan fingerprint density at radius 3 is 2.15 bits per heavy atom. The predicted octanol–water partition coefficient (Wildman–Crippen LogP) is 3.39. The van der Waals surface area contributed by atoms with Crippen molar-refractivity contribution in [1.29, 1.82) is 0 Å². The van der Waals surface area contributed by atoms with Gasteiger partial charge in [-0.15, -0.1) is 0 Å². The number of phenols is 1. The zero-order valence-corrected chi connectivity index (χ0v) is 12.3. The molecule has 0 radical (unpaired) electrons. The number of phenolic OH excluding ortho intramolecular Hbond substituents is 1. The molecule has 0 heterocycles. The number of aliphatic carboxylic acids is 1. The molecule has 1 aromatic rings. The van der Waals surface area contributed by atoms with Crippen molar-refractivity contribution >= 4 is 5.97 Å². The van der Waals surface area contributed by atoms with Crippen LogP contribution in [0.2, 0.25) is 0 Å². The number of carboxylic acids is 1. The van der Waals surface area contributed by atoms with Crippen molar-refractivity contribution in [3.63, 3.8) is 0 Å². The second-order valence-electron chi connectivity index (χ2n) is 6.49. The molecule has 0 unspecified atom stereocenters. The van der Waals surface area contributed by atoms with Gasteiger partial charge in [-0.2, -0.15) is 0 Å². The molecule has 0 aromatic heterocycles. The Kier molecular flexibility index (Phi) is 3.03. The maximum atomic E-state index is 11.1. The van der Waals surface area contributed by atoms with Crippen LogP contribution in [0.15, 0.2) is 0 Å². The normalized spacial score (nSPS) is 19.5. The van der Waals surface area contributed by atoms with Crippen molar-refractivity contribution < 1.29 is 15.0 Å². The second-order valence-corrected chi connectivity index (χ2v) is 6.49. The van der Waals surface area contributed by atoms with Crippen LogP contribution in [-0.2, 0) is 23.1 Å². The number of aromatic hydroxyl groups is 1. The molecular formula is C17H22O3. The van der Waals surface area contributed by atoms with E-state index >= 15 is 0 Å². The standard InChI is InChI=1S/C17H22O3/c1-10-12-5-3-4-6-13(12)11(2)16(20)15(10)17(7-8-17)9-14(18)19/h20H,3-9H2,1-2H3,(H,18,19). The van der Waals surface area contributed by atoms with Crippen molar-refractivity contribution in [3.8, 4) is 5.75 Å². The van der Waals surface area contributed by atoms with E-state index in [0.29, 0.717) is 5.75 Å². The van der Waals surface area contributed by atoms with Crippen LogP contribution in [0, 0.1) is 13.8 Å². The summed E-state index contributed by atoms with van der Waals surface area (Å²) in [4.78, 5) is 11.1. The first kappa shape index (κ1) is 13.5. The third kappa shape index (κ3) is 1.91. The van der Waals surface area contributed by atoms with E-state index in [2.05, 4.69) is 6.92 Å². The van der Waals surface area contributed by atoms with E-state index in [0.717, 1.165) is 42.4 Å². The van der Waals surface area contributed by atoms with Gasteiger partial charge >= 0.3 is 5.97 Å². The number of fused-ring (bicyclic) bond motifs is 1. The Morgan fingerprint density at radius 2 is 1.65 bits per heavy atom. The van der Waals surface area contributed by atoms with Gasteiger partial charge in [-0.05, 0) is 74.6 Å². The summed E-state index contributed by atoms with van der Waals surface area (Å²) < 4.78 is 0. The van der Waals surface area contributed by atoms with Crippen molar-refractivity contribution in [3.05, 3.63) is 27.8 Å². The van der Waals surface area contributed by atoms with Gasteiger partial charge in [0.25, 0.3) is 0 Å². The number of benzene rings is 1. The number of rotatable bonds is 3. The summed E-state index contributed by atoms with van der Waals surface area (Å²) in [5, 5.41) is 19.8. The summed E-state index contributed by atoms with van der Waals surface area (Å²) in [5.41, 5.74) is 5.44. The van der Waals surface area contributed by atoms with E-state index in [9.17, 15) is 9.90 Å². The minimum Gasteiger partial charge on any atom is -0.507 e. The number of carbonyl (C=O) groups is 1. The van der Waals surface area contributed by atoms with E-state index in [4.69, 9.17) is 5.11 Å². The highest BCUT2D eigenvalue weighted by Crippen LogP contribution is 2.56. The van der Waals surface area contributed by atoms with Crippen molar-refractivity contribution in [2.75, 3.05) is 0 Å². The highest BCUT2D eigenvalue weighted by molar-refractivity contribution is 5.72. The zero-order chi connectivity index (χ0) is 14.5. The molecule has 0 aliphatic heterocycles. The third-order valence-electron chi connectivity index (χ3n) is 5.21. The molecule has 108 valence electrons. The topological polar surface area (TPSA) is 57.5 Å². The quantitative estimate of drug-likeness (QED) is 0.888. The molecule has 0 amide bonds. The maximum absolute atomic E-state index is 11.1. The summed E-state index contributed by atoms with van der Waals surface area (Å²) in [5.74, 6) is -0.404. The van der Waals surface area contributed by atoms with E-state index in [1.54, 1.807) is 0 Å². The summed E-state index contributed by atoms with van der Waals surface area (Å²) >= 11 is 0. The molecule has 0 bridgehead atoms. The average molecular weight is 274 g/mol. The van der Waals surface area contributed by atoms with Gasteiger partial charge < -0.3 is 10.2 Å². The summed E-state index contributed by atoms with van der Waals surface area (Å²) in [7, 11) is 0. The number of hydrogen-bond donors (Lipinski definition) is 2. The van der Waals surface area contributed by atoms with Crippen LogP contribution in [0.3, 0.4) is 0 Å². The first-order chi connectivity index (χ1) is 9.46. The molecule has 0 saturated heterocycles. The maximum Gasteiger partial charge on any atom is 0.304 e. The summed E-state index contributed by atoms with van der Waals surface area (Å²) in [6, 6.07) is 0. The second kappa shape index (κ2) is 4.51. The van der Waals surface area contributed by atoms with Crippen LogP contribution < -0.4 is 0 Å². The minimum absolute atomic E-state index is 0.139. The molecule has 3 heteroatoms. The molecule has 1 fully saturated rings. The van der Waals surface area contributed by atoms with Crippen molar-refractivity contribution in [1.82, 2.24) is 0 Å². The highest BCUT2D eigenvalue weighted by Gasteiger charge is 2.49. The minimum atomic E-state index is -0.767. The van der Waals surface area contributed by atoms with Gasteiger partial charge in [-0.25, -0.2) is 0 Å². The van der Waals surface area contributed by atoms with E-state index in [1.165, 1.54) is 24.0 Å². The molecule has 0 spiro atoms. The zero-order valence-electron chi connectivity index (χ0n) is 12.3. The molecule has 20 heavy (non-hydrogen) atoms. The van der Waals surface area contributed by atoms with Crippen LogP contribution in [0.5, 0.6) is 5.75 Å². The largest absolute Gasteiger partial charge is 0.507 e. The molecular weight excluding hydrogens is 252 g/mol. The Hall–Kier alpha value is -1.51. The van der Waals surface area contributed by atoms with E-state index in [1.807, 2.05) is 6.92 Å². The summed E-state index contributed by atoms with van der Waals surface area (Å²) in [6.45, 7) is 4.06. The molecule has 1 saturated carbocycles. The van der Waals surface area contributed by atoms with Crippen LogP contribution in [0.4, 0.5) is 0 Å². The Bertz CT molecular complexity index is 583. The fourth-order valence-electron chi connectivity index (χ4n) is 4.00. The van der Waals surface area contributed by atoms with Gasteiger partial charge in [-0.1, -0.05) is 0 Å². The lowest BCUT2D eigenvalue weighted by atomic mass is 9.78. The molecule has 0 atom stereocenters. The summed E-state index contributed by atoms with van der Waals surface area (Å²) in [6.07, 6.45) is 6.40. The molecule has 2 aliphatic carbocycles. The fourth-order valence-corrected chi connectivity index (χ4v) is 4.00. The average Bonchev–Trinajstić information content (AvgIpc) is 3.16. The highest BCUT2D eigenvalue weighted by atomic mass is 16.4. The Morgan fingerprint density at radius 1 is 1.10 bits per heavy atom. The lowest BCUT2D eigenvalue weighted by molar-refractivity contribution is -0.137. The van der Waals surface area contributed by atoms with Crippen LogP contribution in [0.25, 0.3) is 0 Å². The van der Waals surface area contributed by atoms with Gasteiger partial charge in [0.15, 0.2) is 0 Å². The van der Waals surface area contributed by atoms with Gasteiger partial charge in [0.2, 0.25) is 0 Å². The smallest absolute Gasteiger partial charge is 0.304 e. The first-order valence-electron chi connectivity index (χ1n) is 7.52. The Balaban J connectivity index is 2.17. The molecule has 2 aliphatic rings. The van der Waals surface area contributed by atoms with Gasteiger partial charge in [0.05, 0.1) is 6.42 Å². The SMILES string of the molecule is Cc1c(O)c(C2(CC(=O)O)CC2)c(C)c2c1CCCC2. The van der Waals surface area contributed by atoms with Crippen LogP contribution in [-0.4, -0.2) is 16.2 Å². The third-order valence-corrected chi connectivity index (χ3v) is 5.21. The van der Waals surface area contributed by atoms with Crippen LogP contribution >= 0.6 is 0 Å². The fraction of sp³-hybridized carbons (Fsp3) is 0.588. The van der Waals surface area contributed by atoms with Crippen molar-refractivity contribution in [2.24, 2.45) is 0 Å². The molecule has 3 rings (SSSR count). The molecule has 3 nitrogen and oxygen atoms in total. The molecule has 1 aromatic carbocycles. The van der Waals surface area contributed by atoms with Crippen molar-refractivity contribution in [2.45, 2.75) is 64.2 Å². The first-order valence-corrected chi connectivity index (χ1v) is 7.52. The predicted molar refractivity (Wildman–Crippen MR) is 77.4 cm³/mol. The van der Waals surface area contributed by atoms with Gasteiger partial charge in [0, 0.05) is 11.0 Å². The number of carboxylic acid groups (broad SMARTS) is 1. The molecule has 2 N–H and O–H groups in total. The van der Waals surface area contributed by atoms with E-state index in [-0.39, 0.29) is 11.8 Å². The monoisotopic (exact) mass is 274 g/mol. The van der Waals surface area contributed by atoms with Gasteiger partial charge in [0.1, 0.15) is 5.75 Å².